The molecule has 1 heteroatoms. The highest BCUT2D eigenvalue weighted by Gasteiger charge is 1.90. The van der Waals surface area contributed by atoms with E-state index in [-0.39, 0.29) is 0 Å². The molecule has 1 aromatic carbocycles. The third kappa shape index (κ3) is 6.53. The van der Waals surface area contributed by atoms with Crippen LogP contribution < -0.4 is 4.90 Å². The topological polar surface area (TPSA) is 3.24 Å². The molecule has 0 spiro atoms. The predicted octanol–water partition coefficient (Wildman–Crippen LogP) is 4.11. The van der Waals surface area contributed by atoms with E-state index >= 15 is 0 Å². The Hall–Kier alpha value is -0.980. The van der Waals surface area contributed by atoms with Crippen molar-refractivity contribution in [2.24, 2.45) is 0 Å². The van der Waals surface area contributed by atoms with Crippen LogP contribution in [0.3, 0.4) is 0 Å². The molecule has 0 saturated carbocycles. The van der Waals surface area contributed by atoms with Gasteiger partial charge < -0.3 is 4.90 Å². The minimum Gasteiger partial charge on any atom is -0.378 e. The Labute approximate surface area is 89.8 Å². The molecule has 1 rings (SSSR count). The number of hydrogen-bond donors (Lipinski definition) is 0. The second-order valence-electron chi connectivity index (χ2n) is 2.73. The van der Waals surface area contributed by atoms with Crippen molar-refractivity contribution < 1.29 is 0 Å². The van der Waals surface area contributed by atoms with E-state index in [0.29, 0.717) is 0 Å². The van der Waals surface area contributed by atoms with Crippen molar-refractivity contribution in [3.8, 4) is 0 Å². The summed E-state index contributed by atoms with van der Waals surface area (Å²) in [6, 6.07) is 8.48. The summed E-state index contributed by atoms with van der Waals surface area (Å²) in [5.41, 5.74) is 2.57. The Morgan fingerprint density at radius 1 is 0.786 bits per heavy atom. The summed E-state index contributed by atoms with van der Waals surface area (Å²) < 4.78 is 0. The molecule has 0 aliphatic heterocycles. The van der Waals surface area contributed by atoms with Gasteiger partial charge in [0, 0.05) is 19.8 Å². The first kappa shape index (κ1) is 15.5. The quantitative estimate of drug-likeness (QED) is 0.651. The van der Waals surface area contributed by atoms with Crippen molar-refractivity contribution in [1.29, 1.82) is 0 Å². The number of benzene rings is 1. The van der Waals surface area contributed by atoms with Crippen molar-refractivity contribution in [3.05, 3.63) is 29.8 Å². The molecular weight excluding hydrogens is 170 g/mol. The van der Waals surface area contributed by atoms with Gasteiger partial charge in [0.2, 0.25) is 0 Å². The average Bonchev–Trinajstić information content (AvgIpc) is 2.24. The van der Waals surface area contributed by atoms with Gasteiger partial charge in [-0.2, -0.15) is 0 Å². The van der Waals surface area contributed by atoms with Gasteiger partial charge in [0.1, 0.15) is 0 Å². The van der Waals surface area contributed by atoms with Crippen molar-refractivity contribution in [2.75, 3.05) is 19.0 Å². The van der Waals surface area contributed by atoms with Crippen molar-refractivity contribution >= 4 is 5.69 Å². The van der Waals surface area contributed by atoms with Crippen molar-refractivity contribution in [2.45, 2.75) is 34.6 Å². The number of rotatable bonds is 1. The zero-order valence-electron chi connectivity index (χ0n) is 10.8. The molecule has 0 N–H and O–H groups in total. The van der Waals surface area contributed by atoms with Crippen LogP contribution in [0.15, 0.2) is 24.3 Å². The fourth-order valence-corrected chi connectivity index (χ4v) is 0.843. The van der Waals surface area contributed by atoms with Crippen LogP contribution in [0.25, 0.3) is 0 Å². The first-order valence-corrected chi connectivity index (χ1v) is 5.44. The number of anilines is 1. The SMILES string of the molecule is CC.CC.Cc1ccc(N(C)C)cc1. The summed E-state index contributed by atoms with van der Waals surface area (Å²) in [5.74, 6) is 0. The number of hydrogen-bond acceptors (Lipinski definition) is 1. The van der Waals surface area contributed by atoms with Crippen LogP contribution in [0.2, 0.25) is 0 Å². The molecule has 14 heavy (non-hydrogen) atoms. The van der Waals surface area contributed by atoms with E-state index in [4.69, 9.17) is 0 Å². The van der Waals surface area contributed by atoms with Crippen LogP contribution in [0.4, 0.5) is 5.69 Å². The van der Waals surface area contributed by atoms with E-state index in [2.05, 4.69) is 36.1 Å². The minimum atomic E-state index is 1.26. The summed E-state index contributed by atoms with van der Waals surface area (Å²) in [6.45, 7) is 10.1. The molecular formula is C13H25N. The lowest BCUT2D eigenvalue weighted by molar-refractivity contribution is 1.13. The lowest BCUT2D eigenvalue weighted by Crippen LogP contribution is -2.07. The predicted molar refractivity (Wildman–Crippen MR) is 68.2 cm³/mol. The maximum atomic E-state index is 2.12. The standard InChI is InChI=1S/C9H13N.2C2H6/c1-8-4-6-9(7-5-8)10(2)3;2*1-2/h4-7H,1-3H3;2*1-2H3. The number of nitrogens with zero attached hydrogens (tertiary/aromatic N) is 1. The first-order chi connectivity index (χ1) is 6.70. The summed E-state index contributed by atoms with van der Waals surface area (Å²) in [5, 5.41) is 0. The summed E-state index contributed by atoms with van der Waals surface area (Å²) in [4.78, 5) is 2.10. The van der Waals surface area contributed by atoms with E-state index in [0.717, 1.165) is 0 Å². The highest BCUT2D eigenvalue weighted by Crippen LogP contribution is 2.10. The van der Waals surface area contributed by atoms with Crippen LogP contribution in [0.5, 0.6) is 0 Å². The van der Waals surface area contributed by atoms with Gasteiger partial charge in [-0.15, -0.1) is 0 Å². The summed E-state index contributed by atoms with van der Waals surface area (Å²) in [7, 11) is 4.09. The Bertz CT molecular complexity index is 199. The van der Waals surface area contributed by atoms with Gasteiger partial charge in [-0.1, -0.05) is 45.4 Å². The van der Waals surface area contributed by atoms with Crippen LogP contribution in [0.1, 0.15) is 33.3 Å². The molecule has 1 aromatic rings. The van der Waals surface area contributed by atoms with Crippen LogP contribution in [-0.2, 0) is 0 Å². The van der Waals surface area contributed by atoms with Gasteiger partial charge in [-0.05, 0) is 19.1 Å². The molecule has 0 heterocycles. The van der Waals surface area contributed by atoms with Gasteiger partial charge in [0.15, 0.2) is 0 Å². The van der Waals surface area contributed by atoms with Crippen molar-refractivity contribution in [1.82, 2.24) is 0 Å². The van der Waals surface area contributed by atoms with Gasteiger partial charge in [-0.3, -0.25) is 0 Å². The number of aryl methyl sites for hydroxylation is 1. The van der Waals surface area contributed by atoms with E-state index in [9.17, 15) is 0 Å². The molecule has 0 aromatic heterocycles. The van der Waals surface area contributed by atoms with E-state index in [1.54, 1.807) is 0 Å². The van der Waals surface area contributed by atoms with E-state index < -0.39 is 0 Å². The highest BCUT2D eigenvalue weighted by atomic mass is 15.1. The molecule has 82 valence electrons. The molecule has 0 atom stereocenters. The Kier molecular flexibility index (Phi) is 11.2. The van der Waals surface area contributed by atoms with Gasteiger partial charge in [-0.25, -0.2) is 0 Å². The lowest BCUT2D eigenvalue weighted by Gasteiger charge is -2.11. The van der Waals surface area contributed by atoms with Crippen molar-refractivity contribution in [3.63, 3.8) is 0 Å². The van der Waals surface area contributed by atoms with Gasteiger partial charge in [0.25, 0.3) is 0 Å². The molecule has 1 nitrogen and oxygen atoms in total. The molecule has 0 bridgehead atoms. The molecule has 0 aliphatic rings. The average molecular weight is 195 g/mol. The van der Waals surface area contributed by atoms with Crippen LogP contribution in [-0.4, -0.2) is 14.1 Å². The maximum absolute atomic E-state index is 2.12. The molecule has 0 radical (unpaired) electrons. The summed E-state index contributed by atoms with van der Waals surface area (Å²) in [6.07, 6.45) is 0. The maximum Gasteiger partial charge on any atom is 0.0361 e. The molecule has 0 fully saturated rings. The molecule has 0 unspecified atom stereocenters. The van der Waals surface area contributed by atoms with Gasteiger partial charge >= 0.3 is 0 Å². The smallest absolute Gasteiger partial charge is 0.0361 e. The zero-order chi connectivity index (χ0) is 11.6. The second kappa shape index (κ2) is 10.1. The van der Waals surface area contributed by atoms with Crippen LogP contribution >= 0.6 is 0 Å². The monoisotopic (exact) mass is 195 g/mol. The lowest BCUT2D eigenvalue weighted by atomic mass is 10.2. The highest BCUT2D eigenvalue weighted by molar-refractivity contribution is 5.45. The molecule has 0 amide bonds. The Morgan fingerprint density at radius 3 is 1.43 bits per heavy atom. The fourth-order valence-electron chi connectivity index (χ4n) is 0.843. The first-order valence-electron chi connectivity index (χ1n) is 5.44. The second-order valence-corrected chi connectivity index (χ2v) is 2.73. The van der Waals surface area contributed by atoms with E-state index in [1.807, 2.05) is 41.8 Å². The van der Waals surface area contributed by atoms with Gasteiger partial charge in [0.05, 0.1) is 0 Å². The largest absolute Gasteiger partial charge is 0.378 e. The third-order valence-electron chi connectivity index (χ3n) is 1.55. The molecule has 0 saturated heterocycles. The third-order valence-corrected chi connectivity index (χ3v) is 1.55. The van der Waals surface area contributed by atoms with E-state index in [1.165, 1.54) is 11.3 Å². The normalized spacial score (nSPS) is 7.64. The fraction of sp³-hybridized carbons (Fsp3) is 0.538. The molecule has 0 aliphatic carbocycles. The zero-order valence-corrected chi connectivity index (χ0v) is 10.8. The Morgan fingerprint density at radius 2 is 1.14 bits per heavy atom. The Balaban J connectivity index is 0. The summed E-state index contributed by atoms with van der Waals surface area (Å²) >= 11 is 0. The minimum absolute atomic E-state index is 1.26. The van der Waals surface area contributed by atoms with Crippen LogP contribution in [0, 0.1) is 6.92 Å².